The Hall–Kier alpha value is -1.33. The van der Waals surface area contributed by atoms with E-state index in [-0.39, 0.29) is 22.3 Å². The second-order valence-corrected chi connectivity index (χ2v) is 6.59. The zero-order valence-corrected chi connectivity index (χ0v) is 12.7. The predicted molar refractivity (Wildman–Crippen MR) is 81.4 cm³/mol. The van der Waals surface area contributed by atoms with Crippen molar-refractivity contribution in [3.8, 4) is 0 Å². The van der Waals surface area contributed by atoms with Crippen LogP contribution in [-0.2, 0) is 16.1 Å². The molecule has 1 aliphatic rings. The Labute approximate surface area is 123 Å². The van der Waals surface area contributed by atoms with Gasteiger partial charge in [-0.15, -0.1) is 0 Å². The zero-order chi connectivity index (χ0) is 14.5. The lowest BCUT2D eigenvalue weighted by Crippen LogP contribution is -2.41. The molecule has 0 spiro atoms. The van der Waals surface area contributed by atoms with Crippen molar-refractivity contribution in [1.29, 1.82) is 0 Å². The molecule has 0 radical (unpaired) electrons. The van der Waals surface area contributed by atoms with Crippen molar-refractivity contribution in [2.45, 2.75) is 31.2 Å². The minimum absolute atomic E-state index is 0.0977. The number of amides is 1. The van der Waals surface area contributed by atoms with E-state index < -0.39 is 0 Å². The first-order valence-electron chi connectivity index (χ1n) is 6.76. The fourth-order valence-corrected chi connectivity index (χ4v) is 3.35. The summed E-state index contributed by atoms with van der Waals surface area (Å²) in [6, 6.07) is 9.77. The maximum atomic E-state index is 12.4. The van der Waals surface area contributed by atoms with E-state index >= 15 is 0 Å². The second-order valence-electron chi connectivity index (χ2n) is 5.11. The summed E-state index contributed by atoms with van der Waals surface area (Å²) in [5, 5.41) is 3.54. The molecule has 1 amide bonds. The third-order valence-electron chi connectivity index (χ3n) is 3.36. The molecule has 1 aromatic rings. The van der Waals surface area contributed by atoms with Crippen molar-refractivity contribution < 1.29 is 9.59 Å². The minimum atomic E-state index is -0.166. The molecule has 0 unspecified atom stereocenters. The smallest absolute Gasteiger partial charge is 0.239 e. The van der Waals surface area contributed by atoms with Crippen LogP contribution in [0.3, 0.4) is 0 Å². The van der Waals surface area contributed by atoms with Crippen LogP contribution in [-0.4, -0.2) is 40.8 Å². The summed E-state index contributed by atoms with van der Waals surface area (Å²) < 4.78 is 0. The number of hydrogen-bond acceptors (Lipinski definition) is 4. The van der Waals surface area contributed by atoms with Gasteiger partial charge in [-0.25, -0.2) is 0 Å². The third kappa shape index (κ3) is 4.08. The zero-order valence-electron chi connectivity index (χ0n) is 11.8. The van der Waals surface area contributed by atoms with Gasteiger partial charge in [-0.05, 0) is 12.0 Å². The molecule has 0 bridgehead atoms. The second kappa shape index (κ2) is 6.90. The van der Waals surface area contributed by atoms with Crippen molar-refractivity contribution in [2.75, 3.05) is 13.6 Å². The van der Waals surface area contributed by atoms with Gasteiger partial charge in [0.1, 0.15) is 0 Å². The van der Waals surface area contributed by atoms with Crippen molar-refractivity contribution in [3.05, 3.63) is 35.9 Å². The third-order valence-corrected chi connectivity index (χ3v) is 4.38. The largest absolute Gasteiger partial charge is 0.340 e. The minimum Gasteiger partial charge on any atom is -0.340 e. The molecule has 0 aliphatic carbocycles. The number of rotatable bonds is 4. The monoisotopic (exact) mass is 292 g/mol. The van der Waals surface area contributed by atoms with Crippen molar-refractivity contribution in [2.24, 2.45) is 0 Å². The number of thioether (sulfide) groups is 1. The molecule has 1 aromatic carbocycles. The first-order chi connectivity index (χ1) is 9.56. The fraction of sp³-hybridized carbons (Fsp3) is 0.467. The number of carbonyl (C=O) groups is 2. The van der Waals surface area contributed by atoms with Crippen LogP contribution >= 0.6 is 11.8 Å². The van der Waals surface area contributed by atoms with Gasteiger partial charge in [0.2, 0.25) is 5.91 Å². The molecule has 5 heteroatoms. The Morgan fingerprint density at radius 3 is 2.70 bits per heavy atom. The number of nitrogens with one attached hydrogen (secondary N) is 1. The number of carbonyl (C=O) groups excluding carboxylic acids is 2. The van der Waals surface area contributed by atoms with Gasteiger partial charge in [0.05, 0.1) is 6.04 Å². The van der Waals surface area contributed by atoms with Crippen LogP contribution in [0, 0.1) is 0 Å². The van der Waals surface area contributed by atoms with E-state index in [1.807, 2.05) is 37.4 Å². The van der Waals surface area contributed by atoms with Gasteiger partial charge >= 0.3 is 0 Å². The van der Waals surface area contributed by atoms with Crippen LogP contribution in [0.25, 0.3) is 0 Å². The lowest BCUT2D eigenvalue weighted by Gasteiger charge is -2.21. The van der Waals surface area contributed by atoms with E-state index in [0.29, 0.717) is 6.54 Å². The van der Waals surface area contributed by atoms with Gasteiger partial charge in [-0.3, -0.25) is 9.59 Å². The van der Waals surface area contributed by atoms with Gasteiger partial charge in [-0.2, -0.15) is 0 Å². The normalized spacial score (nSPS) is 21.7. The Bertz CT molecular complexity index is 478. The fourth-order valence-electron chi connectivity index (χ4n) is 2.42. The highest BCUT2D eigenvalue weighted by Crippen LogP contribution is 2.22. The summed E-state index contributed by atoms with van der Waals surface area (Å²) in [4.78, 5) is 25.2. The van der Waals surface area contributed by atoms with E-state index in [9.17, 15) is 9.59 Å². The van der Waals surface area contributed by atoms with Gasteiger partial charge in [-0.1, -0.05) is 42.1 Å². The molecule has 1 aliphatic heterocycles. The highest BCUT2D eigenvalue weighted by atomic mass is 32.2. The Balaban J connectivity index is 1.87. The molecule has 4 nitrogen and oxygen atoms in total. The van der Waals surface area contributed by atoms with Crippen molar-refractivity contribution in [3.63, 3.8) is 0 Å². The average molecular weight is 292 g/mol. The molecular formula is C15H20N2O2S. The molecule has 20 heavy (non-hydrogen) atoms. The van der Waals surface area contributed by atoms with E-state index in [1.54, 1.807) is 11.8 Å². The van der Waals surface area contributed by atoms with Gasteiger partial charge < -0.3 is 10.2 Å². The highest BCUT2D eigenvalue weighted by molar-refractivity contribution is 8.14. The van der Waals surface area contributed by atoms with E-state index in [2.05, 4.69) is 5.32 Å². The van der Waals surface area contributed by atoms with Crippen molar-refractivity contribution in [1.82, 2.24) is 10.2 Å². The van der Waals surface area contributed by atoms with Gasteiger partial charge in [0.25, 0.3) is 0 Å². The molecule has 2 atom stereocenters. The van der Waals surface area contributed by atoms with Gasteiger partial charge in [0.15, 0.2) is 5.12 Å². The maximum Gasteiger partial charge on any atom is 0.239 e. The van der Waals surface area contributed by atoms with E-state index in [1.165, 1.54) is 11.8 Å². The number of nitrogens with zero attached hydrogens (tertiary/aromatic N) is 1. The van der Waals surface area contributed by atoms with Crippen LogP contribution in [0.15, 0.2) is 30.3 Å². The molecule has 1 N–H and O–H groups in total. The van der Waals surface area contributed by atoms with Crippen LogP contribution in [0.5, 0.6) is 0 Å². The average Bonchev–Trinajstić information content (AvgIpc) is 2.86. The first kappa shape index (κ1) is 15.1. The maximum absolute atomic E-state index is 12.4. The van der Waals surface area contributed by atoms with E-state index in [4.69, 9.17) is 0 Å². The summed E-state index contributed by atoms with van der Waals surface area (Å²) in [6.45, 7) is 2.91. The van der Waals surface area contributed by atoms with Crippen LogP contribution in [0.4, 0.5) is 0 Å². The van der Waals surface area contributed by atoms with Crippen LogP contribution in [0.1, 0.15) is 18.9 Å². The van der Waals surface area contributed by atoms with Crippen LogP contribution in [0.2, 0.25) is 0 Å². The predicted octanol–water partition coefficient (Wildman–Crippen LogP) is 1.66. The summed E-state index contributed by atoms with van der Waals surface area (Å²) >= 11 is 1.33. The summed E-state index contributed by atoms with van der Waals surface area (Å²) in [5.41, 5.74) is 1.12. The lowest BCUT2D eigenvalue weighted by molar-refractivity contribution is -0.132. The Morgan fingerprint density at radius 2 is 2.05 bits per heavy atom. The number of likely N-dealkylation sites (N-methyl/N-ethyl adjacent to an activating group) is 1. The molecule has 0 aromatic heterocycles. The highest BCUT2D eigenvalue weighted by Gasteiger charge is 2.32. The molecular weight excluding hydrogens is 272 g/mol. The molecule has 1 saturated heterocycles. The number of hydrogen-bond donors (Lipinski definition) is 1. The topological polar surface area (TPSA) is 49.4 Å². The van der Waals surface area contributed by atoms with Crippen molar-refractivity contribution >= 4 is 22.8 Å². The van der Waals surface area contributed by atoms with Gasteiger partial charge in [0, 0.05) is 32.3 Å². The quantitative estimate of drug-likeness (QED) is 0.917. The first-order valence-corrected chi connectivity index (χ1v) is 7.63. The van der Waals surface area contributed by atoms with E-state index in [0.717, 1.165) is 18.5 Å². The molecule has 108 valence electrons. The Kier molecular flexibility index (Phi) is 5.20. The molecule has 1 fully saturated rings. The standard InChI is InChI=1S/C15H20N2O2S/c1-11(18)20-13-8-14(16-9-13)15(19)17(2)10-12-6-4-3-5-7-12/h3-7,13-14,16H,8-10H2,1-2H3/t13-,14-/m0/s1. The molecule has 1 heterocycles. The van der Waals surface area contributed by atoms with Crippen LogP contribution < -0.4 is 5.32 Å². The number of benzene rings is 1. The molecule has 2 rings (SSSR count). The summed E-state index contributed by atoms with van der Waals surface area (Å²) in [6.07, 6.45) is 0.724. The Morgan fingerprint density at radius 1 is 1.35 bits per heavy atom. The lowest BCUT2D eigenvalue weighted by atomic mass is 10.1. The summed E-state index contributed by atoms with van der Waals surface area (Å²) in [7, 11) is 1.82. The molecule has 0 saturated carbocycles. The summed E-state index contributed by atoms with van der Waals surface area (Å²) in [5.74, 6) is 0.0977. The SMILES string of the molecule is CC(=O)S[C@@H]1CN[C@H](C(=O)N(C)Cc2ccccc2)C1.